The molecule has 5 heteroatoms. The maximum atomic E-state index is 12.9. The molecule has 140 valence electrons. The Bertz CT molecular complexity index is 955. The Morgan fingerprint density at radius 1 is 1.07 bits per heavy atom. The molecule has 2 aromatic carbocycles. The number of nitrogens with zero attached hydrogens (tertiary/aromatic N) is 2. The molecule has 0 bridgehead atoms. The number of fused-ring (bicyclic) bond motifs is 1. The van der Waals surface area contributed by atoms with Gasteiger partial charge in [-0.15, -0.1) is 0 Å². The van der Waals surface area contributed by atoms with Crippen molar-refractivity contribution in [2.75, 3.05) is 37.7 Å². The zero-order chi connectivity index (χ0) is 18.8. The van der Waals surface area contributed by atoms with Crippen LogP contribution in [0.5, 0.6) is 5.75 Å². The van der Waals surface area contributed by atoms with Crippen molar-refractivity contribution in [1.29, 1.82) is 0 Å². The monoisotopic (exact) mass is 363 g/mol. The van der Waals surface area contributed by atoms with Crippen molar-refractivity contribution in [2.24, 2.45) is 0 Å². The predicted molar refractivity (Wildman–Crippen MR) is 109 cm³/mol. The Hall–Kier alpha value is -2.95. The number of para-hydroxylation sites is 1. The van der Waals surface area contributed by atoms with E-state index in [9.17, 15) is 4.79 Å². The Morgan fingerprint density at radius 2 is 1.85 bits per heavy atom. The number of carbonyl (C=O) groups is 1. The number of aromatic nitrogens is 1. The fourth-order valence-corrected chi connectivity index (χ4v) is 3.72. The standard InChI is InChI=1S/C22H25N3O2/c1-3-27-18-9-8-17-14-20(23-19(17)15-18)22(26)25-12-10-24(11-13-25)21-7-5-4-6-16(21)2/h4-9,14-15,23H,3,10-13H2,1-2H3. The molecule has 3 aromatic rings. The lowest BCUT2D eigenvalue weighted by Crippen LogP contribution is -2.49. The summed E-state index contributed by atoms with van der Waals surface area (Å²) in [5.41, 5.74) is 4.11. The van der Waals surface area contributed by atoms with Crippen molar-refractivity contribution in [2.45, 2.75) is 13.8 Å². The molecule has 1 amide bonds. The Balaban J connectivity index is 1.46. The number of hydrogen-bond donors (Lipinski definition) is 1. The smallest absolute Gasteiger partial charge is 0.270 e. The van der Waals surface area contributed by atoms with Gasteiger partial charge in [-0.3, -0.25) is 4.79 Å². The molecule has 0 unspecified atom stereocenters. The number of aromatic amines is 1. The summed E-state index contributed by atoms with van der Waals surface area (Å²) >= 11 is 0. The predicted octanol–water partition coefficient (Wildman–Crippen LogP) is 3.84. The van der Waals surface area contributed by atoms with Crippen LogP contribution in [0.1, 0.15) is 23.0 Å². The van der Waals surface area contributed by atoms with Gasteiger partial charge >= 0.3 is 0 Å². The van der Waals surface area contributed by atoms with Crippen molar-refractivity contribution < 1.29 is 9.53 Å². The molecule has 0 aliphatic carbocycles. The fourth-order valence-electron chi connectivity index (χ4n) is 3.72. The van der Waals surface area contributed by atoms with E-state index in [1.54, 1.807) is 0 Å². The van der Waals surface area contributed by atoms with E-state index in [1.165, 1.54) is 11.3 Å². The van der Waals surface area contributed by atoms with Gasteiger partial charge in [-0.2, -0.15) is 0 Å². The first kappa shape index (κ1) is 17.5. The van der Waals surface area contributed by atoms with Crippen molar-refractivity contribution in [3.05, 3.63) is 59.8 Å². The highest BCUT2D eigenvalue weighted by atomic mass is 16.5. The Labute approximate surface area is 159 Å². The second-order valence-corrected chi connectivity index (χ2v) is 6.93. The van der Waals surface area contributed by atoms with Crippen molar-refractivity contribution >= 4 is 22.5 Å². The van der Waals surface area contributed by atoms with E-state index in [0.717, 1.165) is 42.8 Å². The van der Waals surface area contributed by atoms with Crippen LogP contribution >= 0.6 is 0 Å². The normalized spacial score (nSPS) is 14.6. The molecule has 0 atom stereocenters. The third kappa shape index (κ3) is 3.50. The van der Waals surface area contributed by atoms with Gasteiger partial charge in [-0.1, -0.05) is 18.2 Å². The molecule has 1 N–H and O–H groups in total. The van der Waals surface area contributed by atoms with E-state index in [4.69, 9.17) is 4.74 Å². The third-order valence-corrected chi connectivity index (χ3v) is 5.16. The van der Waals surface area contributed by atoms with Crippen LogP contribution in [0, 0.1) is 6.92 Å². The van der Waals surface area contributed by atoms with Gasteiger partial charge < -0.3 is 19.5 Å². The molecule has 4 rings (SSSR count). The highest BCUT2D eigenvalue weighted by molar-refractivity contribution is 5.98. The fraction of sp³-hybridized carbons (Fsp3) is 0.318. The third-order valence-electron chi connectivity index (χ3n) is 5.16. The summed E-state index contributed by atoms with van der Waals surface area (Å²) in [4.78, 5) is 20.5. The van der Waals surface area contributed by atoms with Gasteiger partial charge in [0, 0.05) is 48.8 Å². The quantitative estimate of drug-likeness (QED) is 0.766. The number of nitrogens with one attached hydrogen (secondary N) is 1. The van der Waals surface area contributed by atoms with E-state index in [0.29, 0.717) is 12.3 Å². The number of piperazine rings is 1. The summed E-state index contributed by atoms with van der Waals surface area (Å²) in [6.45, 7) is 7.89. The Morgan fingerprint density at radius 3 is 2.59 bits per heavy atom. The van der Waals surface area contributed by atoms with Crippen LogP contribution in [0.3, 0.4) is 0 Å². The average Bonchev–Trinajstić information content (AvgIpc) is 3.12. The molecule has 2 heterocycles. The largest absolute Gasteiger partial charge is 0.494 e. The van der Waals surface area contributed by atoms with Crippen LogP contribution < -0.4 is 9.64 Å². The summed E-state index contributed by atoms with van der Waals surface area (Å²) in [6.07, 6.45) is 0. The van der Waals surface area contributed by atoms with Gasteiger partial charge in [0.05, 0.1) is 6.61 Å². The lowest BCUT2D eigenvalue weighted by Gasteiger charge is -2.36. The zero-order valence-corrected chi connectivity index (χ0v) is 15.9. The molecule has 1 aliphatic rings. The van der Waals surface area contributed by atoms with Gasteiger partial charge in [0.25, 0.3) is 5.91 Å². The second kappa shape index (κ2) is 7.35. The number of rotatable bonds is 4. The molecule has 0 radical (unpaired) electrons. The maximum Gasteiger partial charge on any atom is 0.270 e. The lowest BCUT2D eigenvalue weighted by molar-refractivity contribution is 0.0742. The lowest BCUT2D eigenvalue weighted by atomic mass is 10.1. The Kier molecular flexibility index (Phi) is 4.75. The number of amides is 1. The van der Waals surface area contributed by atoms with E-state index in [2.05, 4.69) is 41.1 Å². The maximum absolute atomic E-state index is 12.9. The first-order valence-electron chi connectivity index (χ1n) is 9.51. The summed E-state index contributed by atoms with van der Waals surface area (Å²) in [7, 11) is 0. The number of benzene rings is 2. The van der Waals surface area contributed by atoms with E-state index >= 15 is 0 Å². The van der Waals surface area contributed by atoms with Crippen molar-refractivity contribution in [3.8, 4) is 5.75 Å². The first-order chi connectivity index (χ1) is 13.2. The van der Waals surface area contributed by atoms with Crippen LogP contribution in [0.4, 0.5) is 5.69 Å². The van der Waals surface area contributed by atoms with Crippen LogP contribution in [0.25, 0.3) is 10.9 Å². The minimum Gasteiger partial charge on any atom is -0.494 e. The topological polar surface area (TPSA) is 48.6 Å². The van der Waals surface area contributed by atoms with Gasteiger partial charge in [0.15, 0.2) is 0 Å². The number of carbonyl (C=O) groups excluding carboxylic acids is 1. The zero-order valence-electron chi connectivity index (χ0n) is 15.9. The summed E-state index contributed by atoms with van der Waals surface area (Å²) in [6, 6.07) is 16.2. The molecule has 1 aromatic heterocycles. The van der Waals surface area contributed by atoms with Crippen molar-refractivity contribution in [3.63, 3.8) is 0 Å². The highest BCUT2D eigenvalue weighted by Gasteiger charge is 2.24. The number of H-pyrrole nitrogens is 1. The molecule has 0 spiro atoms. The van der Waals surface area contributed by atoms with Crippen molar-refractivity contribution in [1.82, 2.24) is 9.88 Å². The van der Waals surface area contributed by atoms with Crippen LogP contribution in [-0.4, -0.2) is 48.6 Å². The summed E-state index contributed by atoms with van der Waals surface area (Å²) in [5.74, 6) is 0.881. The number of aryl methyl sites for hydroxylation is 1. The summed E-state index contributed by atoms with van der Waals surface area (Å²) < 4.78 is 5.54. The molecular formula is C22H25N3O2. The van der Waals surface area contributed by atoms with E-state index < -0.39 is 0 Å². The average molecular weight is 363 g/mol. The van der Waals surface area contributed by atoms with Crippen LogP contribution in [0.2, 0.25) is 0 Å². The van der Waals surface area contributed by atoms with Gasteiger partial charge in [-0.05, 0) is 43.7 Å². The van der Waals surface area contributed by atoms with Gasteiger partial charge in [-0.25, -0.2) is 0 Å². The SMILES string of the molecule is CCOc1ccc2cc(C(=O)N3CCN(c4ccccc4C)CC3)[nH]c2c1. The molecule has 1 fully saturated rings. The number of ether oxygens (including phenoxy) is 1. The highest BCUT2D eigenvalue weighted by Crippen LogP contribution is 2.24. The second-order valence-electron chi connectivity index (χ2n) is 6.93. The van der Waals surface area contributed by atoms with Gasteiger partial charge in [0.2, 0.25) is 0 Å². The molecular weight excluding hydrogens is 338 g/mol. The van der Waals surface area contributed by atoms with Crippen LogP contribution in [-0.2, 0) is 0 Å². The number of hydrogen-bond acceptors (Lipinski definition) is 3. The summed E-state index contributed by atoms with van der Waals surface area (Å²) in [5, 5.41) is 1.03. The minimum atomic E-state index is 0.0635. The molecule has 5 nitrogen and oxygen atoms in total. The molecule has 1 saturated heterocycles. The van der Waals surface area contributed by atoms with E-state index in [-0.39, 0.29) is 5.91 Å². The van der Waals surface area contributed by atoms with Gasteiger partial charge in [0.1, 0.15) is 11.4 Å². The van der Waals surface area contributed by atoms with E-state index in [1.807, 2.05) is 36.1 Å². The van der Waals surface area contributed by atoms with Crippen LogP contribution in [0.15, 0.2) is 48.5 Å². The molecule has 0 saturated carbocycles. The molecule has 1 aliphatic heterocycles. The minimum absolute atomic E-state index is 0.0635. The number of anilines is 1. The molecule has 27 heavy (non-hydrogen) atoms. The first-order valence-corrected chi connectivity index (χ1v) is 9.51.